The molecule has 0 aliphatic carbocycles. The molecule has 1 unspecified atom stereocenters. The molecule has 3 nitrogen and oxygen atoms in total. The molecule has 0 spiro atoms. The topological polar surface area (TPSA) is 44.5 Å². The zero-order valence-electron chi connectivity index (χ0n) is 12.3. The highest BCUT2D eigenvalue weighted by atomic mass is 35.5. The average Bonchev–Trinajstić information content (AvgIpc) is 2.51. The Bertz CT molecular complexity index is 601. The first-order valence-corrected chi connectivity index (χ1v) is 7.37. The molecule has 0 saturated carbocycles. The van der Waals surface area contributed by atoms with E-state index < -0.39 is 0 Å². The molecule has 2 aromatic carbocycles. The van der Waals surface area contributed by atoms with E-state index in [-0.39, 0.29) is 6.04 Å². The molecule has 1 atom stereocenters. The molecule has 0 amide bonds. The second-order valence-corrected chi connectivity index (χ2v) is 5.25. The van der Waals surface area contributed by atoms with Crippen LogP contribution >= 0.6 is 11.6 Å². The normalized spacial score (nSPS) is 12.0. The van der Waals surface area contributed by atoms with Gasteiger partial charge in [0.25, 0.3) is 0 Å². The van der Waals surface area contributed by atoms with Gasteiger partial charge in [-0.25, -0.2) is 0 Å². The van der Waals surface area contributed by atoms with Crippen molar-refractivity contribution in [2.24, 2.45) is 5.73 Å². The van der Waals surface area contributed by atoms with Gasteiger partial charge in [0, 0.05) is 16.6 Å². The van der Waals surface area contributed by atoms with E-state index in [1.165, 1.54) is 0 Å². The molecule has 0 fully saturated rings. The van der Waals surface area contributed by atoms with E-state index in [1.807, 2.05) is 42.5 Å². The van der Waals surface area contributed by atoms with Crippen LogP contribution in [0.5, 0.6) is 17.2 Å². The van der Waals surface area contributed by atoms with Gasteiger partial charge in [-0.1, -0.05) is 36.7 Å². The number of hydrogen-bond acceptors (Lipinski definition) is 3. The maximum absolute atomic E-state index is 6.30. The Morgan fingerprint density at radius 1 is 1.05 bits per heavy atom. The molecule has 2 N–H and O–H groups in total. The minimum Gasteiger partial charge on any atom is -0.493 e. The average molecular weight is 306 g/mol. The van der Waals surface area contributed by atoms with Crippen LogP contribution in [0, 0.1) is 0 Å². The van der Waals surface area contributed by atoms with Crippen LogP contribution in [0.15, 0.2) is 42.5 Å². The van der Waals surface area contributed by atoms with Gasteiger partial charge < -0.3 is 15.2 Å². The van der Waals surface area contributed by atoms with Crippen molar-refractivity contribution in [2.75, 3.05) is 7.11 Å². The van der Waals surface area contributed by atoms with E-state index in [4.69, 9.17) is 26.8 Å². The zero-order chi connectivity index (χ0) is 15.2. The molecule has 2 aromatic rings. The Hall–Kier alpha value is -1.71. The number of halogens is 1. The molecule has 21 heavy (non-hydrogen) atoms. The van der Waals surface area contributed by atoms with Gasteiger partial charge in [0.1, 0.15) is 5.75 Å². The van der Waals surface area contributed by atoms with Crippen molar-refractivity contribution in [3.8, 4) is 17.2 Å². The molecule has 0 aromatic heterocycles. The summed E-state index contributed by atoms with van der Waals surface area (Å²) in [6.45, 7) is 2.06. The summed E-state index contributed by atoms with van der Waals surface area (Å²) in [5, 5.41) is 0.672. The van der Waals surface area contributed by atoms with Crippen molar-refractivity contribution in [3.63, 3.8) is 0 Å². The standard InChI is InChI=1S/C17H20ClNO2/c1-3-12(19)11-13-14(18)7-6-10-15(13)21-17-9-5-4-8-16(17)20-2/h4-10,12H,3,11,19H2,1-2H3. The lowest BCUT2D eigenvalue weighted by Crippen LogP contribution is -2.21. The monoisotopic (exact) mass is 305 g/mol. The molecule has 0 heterocycles. The third-order valence-corrected chi connectivity index (χ3v) is 3.71. The van der Waals surface area contributed by atoms with Gasteiger partial charge in [-0.05, 0) is 37.1 Å². The predicted octanol–water partition coefficient (Wildman–Crippen LogP) is 4.42. The maximum atomic E-state index is 6.30. The Balaban J connectivity index is 2.33. The lowest BCUT2D eigenvalue weighted by Gasteiger charge is -2.16. The Morgan fingerprint density at radius 2 is 1.71 bits per heavy atom. The second-order valence-electron chi connectivity index (χ2n) is 4.84. The molecule has 2 rings (SSSR count). The highest BCUT2D eigenvalue weighted by molar-refractivity contribution is 6.31. The molecule has 0 radical (unpaired) electrons. The molecular weight excluding hydrogens is 286 g/mol. The van der Waals surface area contributed by atoms with E-state index in [0.29, 0.717) is 22.9 Å². The van der Waals surface area contributed by atoms with Crippen LogP contribution in [0.2, 0.25) is 5.02 Å². The summed E-state index contributed by atoms with van der Waals surface area (Å²) < 4.78 is 11.3. The summed E-state index contributed by atoms with van der Waals surface area (Å²) >= 11 is 6.30. The van der Waals surface area contributed by atoms with E-state index in [0.717, 1.165) is 17.7 Å². The summed E-state index contributed by atoms with van der Waals surface area (Å²) in [5.74, 6) is 2.06. The van der Waals surface area contributed by atoms with Gasteiger partial charge in [0.2, 0.25) is 0 Å². The number of ether oxygens (including phenoxy) is 2. The zero-order valence-corrected chi connectivity index (χ0v) is 13.1. The number of hydrogen-bond donors (Lipinski definition) is 1. The molecule has 0 saturated heterocycles. The number of benzene rings is 2. The fourth-order valence-electron chi connectivity index (χ4n) is 2.06. The van der Waals surface area contributed by atoms with Crippen LogP contribution in [-0.4, -0.2) is 13.2 Å². The van der Waals surface area contributed by atoms with Crippen LogP contribution < -0.4 is 15.2 Å². The SMILES string of the molecule is CCC(N)Cc1c(Cl)cccc1Oc1ccccc1OC. The van der Waals surface area contributed by atoms with Crippen molar-refractivity contribution in [3.05, 3.63) is 53.1 Å². The van der Waals surface area contributed by atoms with E-state index in [2.05, 4.69) is 6.92 Å². The second kappa shape index (κ2) is 7.34. The van der Waals surface area contributed by atoms with Gasteiger partial charge in [-0.3, -0.25) is 0 Å². The largest absolute Gasteiger partial charge is 0.493 e. The summed E-state index contributed by atoms with van der Waals surface area (Å²) in [4.78, 5) is 0. The minimum absolute atomic E-state index is 0.0601. The highest BCUT2D eigenvalue weighted by Gasteiger charge is 2.14. The quantitative estimate of drug-likeness (QED) is 0.859. The van der Waals surface area contributed by atoms with Gasteiger partial charge in [-0.2, -0.15) is 0 Å². The Labute approximate surface area is 130 Å². The van der Waals surface area contributed by atoms with Crippen molar-refractivity contribution in [1.29, 1.82) is 0 Å². The van der Waals surface area contributed by atoms with Crippen molar-refractivity contribution in [2.45, 2.75) is 25.8 Å². The number of methoxy groups -OCH3 is 1. The summed E-state index contributed by atoms with van der Waals surface area (Å²) in [7, 11) is 1.62. The molecule has 0 aliphatic heterocycles. The Kier molecular flexibility index (Phi) is 5.48. The van der Waals surface area contributed by atoms with Crippen LogP contribution in [0.25, 0.3) is 0 Å². The highest BCUT2D eigenvalue weighted by Crippen LogP contribution is 2.35. The maximum Gasteiger partial charge on any atom is 0.169 e. The van der Waals surface area contributed by atoms with Crippen molar-refractivity contribution >= 4 is 11.6 Å². The fourth-order valence-corrected chi connectivity index (χ4v) is 2.30. The van der Waals surface area contributed by atoms with Crippen molar-refractivity contribution < 1.29 is 9.47 Å². The lowest BCUT2D eigenvalue weighted by molar-refractivity contribution is 0.377. The van der Waals surface area contributed by atoms with Gasteiger partial charge in [0.15, 0.2) is 11.5 Å². The molecular formula is C17H20ClNO2. The Morgan fingerprint density at radius 3 is 2.38 bits per heavy atom. The van der Waals surface area contributed by atoms with Gasteiger partial charge in [-0.15, -0.1) is 0 Å². The van der Waals surface area contributed by atoms with E-state index in [9.17, 15) is 0 Å². The van der Waals surface area contributed by atoms with E-state index in [1.54, 1.807) is 7.11 Å². The number of para-hydroxylation sites is 2. The number of nitrogens with two attached hydrogens (primary N) is 1. The third-order valence-electron chi connectivity index (χ3n) is 3.36. The van der Waals surface area contributed by atoms with Crippen LogP contribution in [0.4, 0.5) is 0 Å². The molecule has 112 valence electrons. The van der Waals surface area contributed by atoms with Crippen LogP contribution in [0.1, 0.15) is 18.9 Å². The molecule has 0 bridgehead atoms. The molecule has 4 heteroatoms. The summed E-state index contributed by atoms with van der Waals surface area (Å²) in [6, 6.07) is 13.2. The molecule has 0 aliphatic rings. The summed E-state index contributed by atoms with van der Waals surface area (Å²) in [5.41, 5.74) is 6.98. The van der Waals surface area contributed by atoms with Gasteiger partial charge >= 0.3 is 0 Å². The first-order valence-electron chi connectivity index (χ1n) is 6.99. The first-order chi connectivity index (χ1) is 10.2. The third kappa shape index (κ3) is 3.90. The number of rotatable bonds is 6. The first kappa shape index (κ1) is 15.7. The fraction of sp³-hybridized carbons (Fsp3) is 0.294. The summed E-state index contributed by atoms with van der Waals surface area (Å²) in [6.07, 6.45) is 1.57. The van der Waals surface area contributed by atoms with Crippen LogP contribution in [-0.2, 0) is 6.42 Å². The smallest absolute Gasteiger partial charge is 0.169 e. The van der Waals surface area contributed by atoms with Crippen LogP contribution in [0.3, 0.4) is 0 Å². The van der Waals surface area contributed by atoms with Crippen molar-refractivity contribution in [1.82, 2.24) is 0 Å². The predicted molar refractivity (Wildman–Crippen MR) is 86.5 cm³/mol. The van der Waals surface area contributed by atoms with Gasteiger partial charge in [0.05, 0.1) is 7.11 Å². The lowest BCUT2D eigenvalue weighted by atomic mass is 10.0. The van der Waals surface area contributed by atoms with E-state index >= 15 is 0 Å². The minimum atomic E-state index is 0.0601.